The fourth-order valence-electron chi connectivity index (χ4n) is 2.15. The van der Waals surface area contributed by atoms with Gasteiger partial charge in [0.25, 0.3) is 0 Å². The lowest BCUT2D eigenvalue weighted by atomic mass is 10.0. The van der Waals surface area contributed by atoms with E-state index in [1.165, 1.54) is 5.56 Å². The van der Waals surface area contributed by atoms with Crippen molar-refractivity contribution in [3.63, 3.8) is 0 Å². The molecule has 1 atom stereocenters. The van der Waals surface area contributed by atoms with Crippen molar-refractivity contribution >= 4 is 11.9 Å². The first-order valence-electron chi connectivity index (χ1n) is 7.12. The summed E-state index contributed by atoms with van der Waals surface area (Å²) in [6, 6.07) is 8.07. The molecule has 2 nitrogen and oxygen atoms in total. The fraction of sp³-hybridized carbons (Fsp3) is 0.625. The molecule has 0 saturated carbocycles. The van der Waals surface area contributed by atoms with Crippen LogP contribution in [0.2, 0.25) is 0 Å². The normalized spacial score (nSPS) is 13.8. The van der Waals surface area contributed by atoms with Crippen LogP contribution in [0.4, 0.5) is 0 Å². The SMILES string of the molecule is CCCC(c1ccc(O)cc1)N(CC)SC(C)(C)C. The van der Waals surface area contributed by atoms with Crippen LogP contribution in [0.1, 0.15) is 59.1 Å². The number of hydrogen-bond donors (Lipinski definition) is 1. The summed E-state index contributed by atoms with van der Waals surface area (Å²) in [5, 5.41) is 9.43. The molecule has 0 spiro atoms. The third-order valence-electron chi connectivity index (χ3n) is 2.89. The molecule has 0 radical (unpaired) electrons. The number of hydrogen-bond acceptors (Lipinski definition) is 3. The van der Waals surface area contributed by atoms with Crippen molar-refractivity contribution in [1.82, 2.24) is 4.31 Å². The van der Waals surface area contributed by atoms with Gasteiger partial charge in [-0.25, -0.2) is 4.31 Å². The summed E-state index contributed by atoms with van der Waals surface area (Å²) in [7, 11) is 0. The first kappa shape index (κ1) is 16.4. The van der Waals surface area contributed by atoms with Gasteiger partial charge in [-0.15, -0.1) is 0 Å². The van der Waals surface area contributed by atoms with E-state index in [1.54, 1.807) is 12.1 Å². The minimum atomic E-state index is 0.221. The van der Waals surface area contributed by atoms with E-state index in [2.05, 4.69) is 38.9 Å². The van der Waals surface area contributed by atoms with Gasteiger partial charge < -0.3 is 5.11 Å². The highest BCUT2D eigenvalue weighted by molar-refractivity contribution is 7.98. The molecule has 0 amide bonds. The van der Waals surface area contributed by atoms with Crippen molar-refractivity contribution in [3.05, 3.63) is 29.8 Å². The Morgan fingerprint density at radius 1 is 1.16 bits per heavy atom. The van der Waals surface area contributed by atoms with Crippen molar-refractivity contribution < 1.29 is 5.11 Å². The Hall–Kier alpha value is -0.670. The largest absolute Gasteiger partial charge is 0.508 e. The first-order chi connectivity index (χ1) is 8.87. The molecule has 1 aromatic carbocycles. The van der Waals surface area contributed by atoms with Crippen LogP contribution >= 0.6 is 11.9 Å². The molecule has 0 bridgehead atoms. The number of aromatic hydroxyl groups is 1. The molecule has 3 heteroatoms. The topological polar surface area (TPSA) is 23.5 Å². The fourth-order valence-corrected chi connectivity index (χ4v) is 3.33. The van der Waals surface area contributed by atoms with Gasteiger partial charge in [-0.05, 0) is 44.9 Å². The van der Waals surface area contributed by atoms with Crippen LogP contribution in [0.3, 0.4) is 0 Å². The number of rotatable bonds is 6. The van der Waals surface area contributed by atoms with Gasteiger partial charge in [0, 0.05) is 17.3 Å². The maximum atomic E-state index is 9.43. The van der Waals surface area contributed by atoms with Crippen LogP contribution in [0.15, 0.2) is 24.3 Å². The Kier molecular flexibility index (Phi) is 6.21. The van der Waals surface area contributed by atoms with Crippen molar-refractivity contribution in [2.45, 2.75) is 58.2 Å². The molecular weight excluding hydrogens is 254 g/mol. The summed E-state index contributed by atoms with van der Waals surface area (Å²) in [5.74, 6) is 0.338. The van der Waals surface area contributed by atoms with Gasteiger partial charge in [0.15, 0.2) is 0 Å². The van der Waals surface area contributed by atoms with Gasteiger partial charge in [0.05, 0.1) is 0 Å². The van der Waals surface area contributed by atoms with Gasteiger partial charge in [0.1, 0.15) is 5.75 Å². The lowest BCUT2D eigenvalue weighted by Gasteiger charge is -2.34. The molecule has 0 fully saturated rings. The van der Waals surface area contributed by atoms with Crippen molar-refractivity contribution in [1.29, 1.82) is 0 Å². The molecule has 0 heterocycles. The summed E-state index contributed by atoms with van der Waals surface area (Å²) in [6.45, 7) is 12.2. The van der Waals surface area contributed by atoms with Crippen LogP contribution in [0.5, 0.6) is 5.75 Å². The second kappa shape index (κ2) is 7.20. The van der Waals surface area contributed by atoms with Crippen LogP contribution in [-0.2, 0) is 0 Å². The van der Waals surface area contributed by atoms with E-state index >= 15 is 0 Å². The highest BCUT2D eigenvalue weighted by Gasteiger charge is 2.24. The van der Waals surface area contributed by atoms with Crippen molar-refractivity contribution in [2.75, 3.05) is 6.54 Å². The van der Waals surface area contributed by atoms with Gasteiger partial charge in [-0.1, -0.05) is 44.3 Å². The minimum absolute atomic E-state index is 0.221. The Balaban J connectivity index is 2.93. The predicted octanol–water partition coefficient (Wildman–Crippen LogP) is 5.00. The highest BCUT2D eigenvalue weighted by atomic mass is 32.2. The van der Waals surface area contributed by atoms with E-state index < -0.39 is 0 Å². The molecule has 1 aromatic rings. The van der Waals surface area contributed by atoms with E-state index in [-0.39, 0.29) is 4.75 Å². The third-order valence-corrected chi connectivity index (χ3v) is 4.19. The lowest BCUT2D eigenvalue weighted by Crippen LogP contribution is -2.27. The molecule has 0 saturated heterocycles. The molecule has 1 rings (SSSR count). The van der Waals surface area contributed by atoms with Crippen LogP contribution < -0.4 is 0 Å². The second-order valence-electron chi connectivity index (χ2n) is 5.83. The Labute approximate surface area is 122 Å². The molecule has 0 aliphatic heterocycles. The van der Waals surface area contributed by atoms with Crippen LogP contribution in [-0.4, -0.2) is 20.7 Å². The molecule has 19 heavy (non-hydrogen) atoms. The summed E-state index contributed by atoms with van der Waals surface area (Å²) in [5.41, 5.74) is 1.29. The predicted molar refractivity (Wildman–Crippen MR) is 85.5 cm³/mol. The van der Waals surface area contributed by atoms with E-state index in [0.29, 0.717) is 11.8 Å². The summed E-state index contributed by atoms with van der Waals surface area (Å²) < 4.78 is 2.69. The monoisotopic (exact) mass is 281 g/mol. The smallest absolute Gasteiger partial charge is 0.115 e. The van der Waals surface area contributed by atoms with Gasteiger partial charge in [-0.3, -0.25) is 0 Å². The number of nitrogens with zero attached hydrogens (tertiary/aromatic N) is 1. The Morgan fingerprint density at radius 2 is 1.74 bits per heavy atom. The van der Waals surface area contributed by atoms with Gasteiger partial charge in [-0.2, -0.15) is 0 Å². The van der Waals surface area contributed by atoms with E-state index in [4.69, 9.17) is 0 Å². The Morgan fingerprint density at radius 3 is 2.16 bits per heavy atom. The zero-order chi connectivity index (χ0) is 14.5. The van der Waals surface area contributed by atoms with Crippen molar-refractivity contribution in [3.8, 4) is 5.75 Å². The molecular formula is C16H27NOS. The minimum Gasteiger partial charge on any atom is -0.508 e. The summed E-state index contributed by atoms with van der Waals surface area (Å²) in [4.78, 5) is 0. The maximum Gasteiger partial charge on any atom is 0.115 e. The standard InChI is InChI=1S/C16H27NOS/c1-6-8-15(13-9-11-14(18)12-10-13)17(7-2)19-16(3,4)5/h9-12,15,18H,6-8H2,1-5H3. The van der Waals surface area contributed by atoms with Gasteiger partial charge >= 0.3 is 0 Å². The summed E-state index contributed by atoms with van der Waals surface area (Å²) in [6.07, 6.45) is 2.30. The summed E-state index contributed by atoms with van der Waals surface area (Å²) >= 11 is 1.92. The van der Waals surface area contributed by atoms with E-state index in [9.17, 15) is 5.11 Å². The average Bonchev–Trinajstić information content (AvgIpc) is 2.33. The van der Waals surface area contributed by atoms with Crippen LogP contribution in [0.25, 0.3) is 0 Å². The molecule has 108 valence electrons. The molecule has 0 aromatic heterocycles. The molecule has 0 aliphatic rings. The second-order valence-corrected chi connectivity index (χ2v) is 7.71. The first-order valence-corrected chi connectivity index (χ1v) is 7.89. The van der Waals surface area contributed by atoms with Gasteiger partial charge in [0.2, 0.25) is 0 Å². The van der Waals surface area contributed by atoms with Crippen LogP contribution in [0, 0.1) is 0 Å². The molecule has 1 N–H and O–H groups in total. The quantitative estimate of drug-likeness (QED) is 0.742. The lowest BCUT2D eigenvalue weighted by molar-refractivity contribution is 0.347. The average molecular weight is 281 g/mol. The zero-order valence-corrected chi connectivity index (χ0v) is 13.6. The van der Waals surface area contributed by atoms with Crippen molar-refractivity contribution in [2.24, 2.45) is 0 Å². The number of benzene rings is 1. The van der Waals surface area contributed by atoms with E-state index in [0.717, 1.165) is 19.4 Å². The Bertz CT molecular complexity index is 369. The highest BCUT2D eigenvalue weighted by Crippen LogP contribution is 2.37. The molecule has 1 unspecified atom stereocenters. The third kappa shape index (κ3) is 5.45. The van der Waals surface area contributed by atoms with E-state index in [1.807, 2.05) is 24.1 Å². The molecule has 0 aliphatic carbocycles. The number of phenolic OH excluding ortho intramolecular Hbond substituents is 1. The number of phenols is 1. The maximum absolute atomic E-state index is 9.43. The zero-order valence-electron chi connectivity index (χ0n) is 12.8.